The Labute approximate surface area is 147 Å². The monoisotopic (exact) mass is 336 g/mol. The number of nitrogens with zero attached hydrogens (tertiary/aromatic N) is 5. The average Bonchev–Trinajstić information content (AvgIpc) is 3.15. The maximum Gasteiger partial charge on any atom is 0.254 e. The van der Waals surface area contributed by atoms with Crippen molar-refractivity contribution in [2.45, 2.75) is 39.2 Å². The van der Waals surface area contributed by atoms with Gasteiger partial charge in [0.1, 0.15) is 12.1 Å². The highest BCUT2D eigenvalue weighted by Crippen LogP contribution is 2.25. The molecule has 3 aromatic rings. The van der Waals surface area contributed by atoms with E-state index in [0.29, 0.717) is 5.78 Å². The highest BCUT2D eigenvalue weighted by Gasteiger charge is 2.14. The van der Waals surface area contributed by atoms with E-state index >= 15 is 0 Å². The van der Waals surface area contributed by atoms with Crippen molar-refractivity contribution in [3.05, 3.63) is 47.9 Å². The third-order valence-corrected chi connectivity index (χ3v) is 4.82. The first-order chi connectivity index (χ1) is 12.3. The molecule has 6 nitrogen and oxygen atoms in total. The van der Waals surface area contributed by atoms with Gasteiger partial charge < -0.3 is 10.2 Å². The molecule has 0 bridgehead atoms. The Morgan fingerprint density at radius 1 is 1.12 bits per heavy atom. The van der Waals surface area contributed by atoms with Crippen molar-refractivity contribution in [2.24, 2.45) is 0 Å². The maximum atomic E-state index is 4.50. The summed E-state index contributed by atoms with van der Waals surface area (Å²) in [6, 6.07) is 10.7. The summed E-state index contributed by atoms with van der Waals surface area (Å²) in [6.45, 7) is 5.17. The van der Waals surface area contributed by atoms with E-state index in [4.69, 9.17) is 0 Å². The molecule has 3 heterocycles. The fourth-order valence-electron chi connectivity index (χ4n) is 3.46. The zero-order valence-corrected chi connectivity index (χ0v) is 14.6. The molecule has 1 aliphatic heterocycles. The van der Waals surface area contributed by atoms with Crippen LogP contribution in [-0.2, 0) is 13.0 Å². The van der Waals surface area contributed by atoms with Crippen LogP contribution in [0.4, 0.5) is 11.5 Å². The van der Waals surface area contributed by atoms with Crippen molar-refractivity contribution in [1.29, 1.82) is 0 Å². The lowest BCUT2D eigenvalue weighted by Gasteiger charge is -2.30. The molecule has 25 heavy (non-hydrogen) atoms. The molecule has 0 amide bonds. The van der Waals surface area contributed by atoms with Crippen molar-refractivity contribution >= 4 is 17.3 Å². The first-order valence-electron chi connectivity index (χ1n) is 9.11. The van der Waals surface area contributed by atoms with Crippen molar-refractivity contribution in [3.63, 3.8) is 0 Å². The second kappa shape index (κ2) is 7.09. The number of benzene rings is 1. The van der Waals surface area contributed by atoms with Crippen molar-refractivity contribution in [2.75, 3.05) is 23.3 Å². The van der Waals surface area contributed by atoms with Crippen LogP contribution in [0.1, 0.15) is 37.4 Å². The number of para-hydroxylation sites is 1. The van der Waals surface area contributed by atoms with Crippen LogP contribution in [0.2, 0.25) is 0 Å². The number of fused-ring (bicyclic) bond motifs is 1. The highest BCUT2D eigenvalue weighted by atomic mass is 15.3. The minimum atomic E-state index is 0.645. The van der Waals surface area contributed by atoms with Crippen LogP contribution in [0.3, 0.4) is 0 Å². The molecule has 1 aromatic carbocycles. The van der Waals surface area contributed by atoms with Gasteiger partial charge in [-0.15, -0.1) is 0 Å². The van der Waals surface area contributed by atoms with Gasteiger partial charge >= 0.3 is 0 Å². The summed E-state index contributed by atoms with van der Waals surface area (Å²) in [4.78, 5) is 11.2. The van der Waals surface area contributed by atoms with Crippen LogP contribution in [0, 0.1) is 0 Å². The molecule has 4 rings (SSSR count). The number of aryl methyl sites for hydroxylation is 1. The van der Waals surface area contributed by atoms with Gasteiger partial charge in [-0.05, 0) is 37.3 Å². The van der Waals surface area contributed by atoms with Gasteiger partial charge in [0.2, 0.25) is 0 Å². The molecular formula is C19H24N6. The minimum Gasteiger partial charge on any atom is -0.371 e. The Kier molecular flexibility index (Phi) is 4.50. The summed E-state index contributed by atoms with van der Waals surface area (Å²) in [5.74, 6) is 1.58. The number of piperidine rings is 1. The summed E-state index contributed by atoms with van der Waals surface area (Å²) >= 11 is 0. The van der Waals surface area contributed by atoms with Gasteiger partial charge in [-0.2, -0.15) is 14.6 Å². The Hall–Kier alpha value is -2.63. The normalized spacial score (nSPS) is 14.8. The second-order valence-corrected chi connectivity index (χ2v) is 6.49. The molecular weight excluding hydrogens is 312 g/mol. The number of hydrogen-bond donors (Lipinski definition) is 1. The lowest BCUT2D eigenvalue weighted by atomic mass is 10.1. The molecule has 1 N–H and O–H groups in total. The molecule has 1 saturated heterocycles. The molecule has 0 saturated carbocycles. The summed E-state index contributed by atoms with van der Waals surface area (Å²) < 4.78 is 1.77. The van der Waals surface area contributed by atoms with E-state index in [2.05, 4.69) is 62.5 Å². The van der Waals surface area contributed by atoms with Crippen molar-refractivity contribution in [3.8, 4) is 0 Å². The van der Waals surface area contributed by atoms with Crippen LogP contribution >= 0.6 is 0 Å². The molecule has 0 radical (unpaired) electrons. The van der Waals surface area contributed by atoms with Gasteiger partial charge in [0.05, 0.1) is 0 Å². The molecule has 1 aliphatic rings. The Morgan fingerprint density at radius 2 is 1.96 bits per heavy atom. The number of hydrogen-bond acceptors (Lipinski definition) is 5. The molecule has 6 heteroatoms. The first kappa shape index (κ1) is 15.9. The Bertz CT molecular complexity index is 850. The average molecular weight is 336 g/mol. The third-order valence-electron chi connectivity index (χ3n) is 4.82. The van der Waals surface area contributed by atoms with Crippen LogP contribution in [0.5, 0.6) is 0 Å². The van der Waals surface area contributed by atoms with Gasteiger partial charge in [0, 0.05) is 37.1 Å². The van der Waals surface area contributed by atoms with Gasteiger partial charge in [-0.25, -0.2) is 4.98 Å². The lowest BCUT2D eigenvalue weighted by Crippen LogP contribution is -2.30. The number of rotatable bonds is 5. The summed E-state index contributed by atoms with van der Waals surface area (Å²) in [5.41, 5.74) is 3.68. The number of nitrogens with one attached hydrogen (secondary N) is 1. The predicted molar refractivity (Wildman–Crippen MR) is 100.0 cm³/mol. The van der Waals surface area contributed by atoms with Crippen LogP contribution < -0.4 is 10.2 Å². The van der Waals surface area contributed by atoms with Gasteiger partial charge in [0.25, 0.3) is 5.78 Å². The number of anilines is 2. The smallest absolute Gasteiger partial charge is 0.254 e. The molecule has 0 aliphatic carbocycles. The van der Waals surface area contributed by atoms with E-state index in [-0.39, 0.29) is 0 Å². The van der Waals surface area contributed by atoms with Crippen molar-refractivity contribution < 1.29 is 0 Å². The van der Waals surface area contributed by atoms with Gasteiger partial charge in [0.15, 0.2) is 0 Å². The summed E-state index contributed by atoms with van der Waals surface area (Å²) in [5, 5.41) is 7.83. The molecule has 2 aromatic heterocycles. The number of aromatic nitrogens is 4. The van der Waals surface area contributed by atoms with Gasteiger partial charge in [-0.3, -0.25) is 0 Å². The SMILES string of the molecule is CCc1cc(NCc2ccccc2N2CCCCC2)n2ncnc2n1. The van der Waals surface area contributed by atoms with E-state index in [1.807, 2.05) is 0 Å². The van der Waals surface area contributed by atoms with E-state index in [1.165, 1.54) is 30.5 Å². The van der Waals surface area contributed by atoms with Crippen LogP contribution in [0.15, 0.2) is 36.7 Å². The van der Waals surface area contributed by atoms with E-state index in [0.717, 1.165) is 37.6 Å². The standard InChI is InChI=1S/C19H24N6/c1-2-16-12-18(25-19(23-16)21-14-22-25)20-13-15-8-4-5-9-17(15)24-10-6-3-7-11-24/h4-5,8-9,12,14,20H,2-3,6-7,10-11,13H2,1H3. The predicted octanol–water partition coefficient (Wildman–Crippen LogP) is 3.29. The van der Waals surface area contributed by atoms with Crippen LogP contribution in [-0.4, -0.2) is 32.7 Å². The fourth-order valence-corrected chi connectivity index (χ4v) is 3.46. The van der Waals surface area contributed by atoms with E-state index in [9.17, 15) is 0 Å². The largest absolute Gasteiger partial charge is 0.371 e. The third kappa shape index (κ3) is 3.29. The zero-order chi connectivity index (χ0) is 17.1. The maximum absolute atomic E-state index is 4.50. The second-order valence-electron chi connectivity index (χ2n) is 6.49. The van der Waals surface area contributed by atoms with Crippen LogP contribution in [0.25, 0.3) is 5.78 Å². The molecule has 130 valence electrons. The highest BCUT2D eigenvalue weighted by molar-refractivity contribution is 5.55. The molecule has 1 fully saturated rings. The minimum absolute atomic E-state index is 0.645. The molecule has 0 atom stereocenters. The first-order valence-corrected chi connectivity index (χ1v) is 9.11. The summed E-state index contributed by atoms with van der Waals surface area (Å²) in [7, 11) is 0. The Morgan fingerprint density at radius 3 is 2.80 bits per heavy atom. The van der Waals surface area contributed by atoms with E-state index in [1.54, 1.807) is 10.8 Å². The lowest BCUT2D eigenvalue weighted by molar-refractivity contribution is 0.576. The fraction of sp³-hybridized carbons (Fsp3) is 0.421. The molecule has 0 unspecified atom stereocenters. The van der Waals surface area contributed by atoms with Crippen molar-refractivity contribution in [1.82, 2.24) is 19.6 Å². The summed E-state index contributed by atoms with van der Waals surface area (Å²) in [6.07, 6.45) is 6.34. The zero-order valence-electron chi connectivity index (χ0n) is 14.6. The topological polar surface area (TPSA) is 58.4 Å². The van der Waals surface area contributed by atoms with E-state index < -0.39 is 0 Å². The molecule has 0 spiro atoms. The quantitative estimate of drug-likeness (QED) is 0.775. The Balaban J connectivity index is 1.59. The van der Waals surface area contributed by atoms with Gasteiger partial charge in [-0.1, -0.05) is 25.1 Å².